The summed E-state index contributed by atoms with van der Waals surface area (Å²) in [6.45, 7) is 1.89. The Bertz CT molecular complexity index is 983. The van der Waals surface area contributed by atoms with Crippen LogP contribution in [0.3, 0.4) is 0 Å². The summed E-state index contributed by atoms with van der Waals surface area (Å²) in [5.74, 6) is 0.0600. The number of furan rings is 1. The van der Waals surface area contributed by atoms with Crippen LogP contribution in [-0.4, -0.2) is 10.9 Å². The number of aromatic nitrogens is 1. The molecule has 4 rings (SSSR count). The lowest BCUT2D eigenvalue weighted by molar-refractivity contribution is 0.0998. The van der Waals surface area contributed by atoms with Crippen molar-refractivity contribution in [1.82, 2.24) is 4.98 Å². The second-order valence-electron chi connectivity index (χ2n) is 5.02. The molecule has 3 heterocycles. The number of benzene rings is 1. The highest BCUT2D eigenvalue weighted by Gasteiger charge is 2.18. The molecule has 4 aromatic rings. The summed E-state index contributed by atoms with van der Waals surface area (Å²) < 4.78 is 5.68. The summed E-state index contributed by atoms with van der Waals surface area (Å²) in [6.07, 6.45) is 0. The number of thiophene rings is 1. The smallest absolute Gasteiger partial charge is 0.293 e. The molecule has 1 aromatic carbocycles. The molecule has 0 atom stereocenters. The van der Waals surface area contributed by atoms with Crippen molar-refractivity contribution in [2.24, 2.45) is 0 Å². The van der Waals surface area contributed by atoms with Crippen LogP contribution in [-0.2, 0) is 0 Å². The van der Waals surface area contributed by atoms with Crippen molar-refractivity contribution in [2.75, 3.05) is 5.32 Å². The Morgan fingerprint density at radius 1 is 1.17 bits per heavy atom. The second-order valence-corrected chi connectivity index (χ2v) is 6.83. The Balaban J connectivity index is 1.61. The van der Waals surface area contributed by atoms with E-state index in [-0.39, 0.29) is 5.91 Å². The molecule has 4 nitrogen and oxygen atoms in total. The van der Waals surface area contributed by atoms with Gasteiger partial charge in [0.1, 0.15) is 5.58 Å². The first-order valence-electron chi connectivity index (χ1n) is 7.01. The van der Waals surface area contributed by atoms with Crippen LogP contribution in [0, 0.1) is 6.92 Å². The first-order valence-corrected chi connectivity index (χ1v) is 8.77. The Kier molecular flexibility index (Phi) is 3.48. The molecule has 1 amide bonds. The van der Waals surface area contributed by atoms with E-state index in [1.165, 1.54) is 11.3 Å². The lowest BCUT2D eigenvalue weighted by atomic mass is 10.1. The second kappa shape index (κ2) is 5.64. The van der Waals surface area contributed by atoms with Crippen LogP contribution in [0.1, 0.15) is 16.1 Å². The van der Waals surface area contributed by atoms with Crippen molar-refractivity contribution in [1.29, 1.82) is 0 Å². The minimum absolute atomic E-state index is 0.272. The monoisotopic (exact) mass is 340 g/mol. The zero-order chi connectivity index (χ0) is 15.8. The largest absolute Gasteiger partial charge is 0.451 e. The molecule has 6 heteroatoms. The third-order valence-electron chi connectivity index (χ3n) is 3.55. The molecular weight excluding hydrogens is 328 g/mol. The molecule has 0 radical (unpaired) electrons. The van der Waals surface area contributed by atoms with Crippen LogP contribution in [0.25, 0.3) is 21.5 Å². The standard InChI is InChI=1S/C17H12N2O2S2/c1-10-11-5-2-3-6-13(11)21-15(10)16(20)19-17-18-12(9-23-17)14-7-4-8-22-14/h2-9H,1H3,(H,18,19,20). The van der Waals surface area contributed by atoms with Crippen LogP contribution in [0.2, 0.25) is 0 Å². The van der Waals surface area contributed by atoms with E-state index >= 15 is 0 Å². The Hall–Kier alpha value is -2.44. The number of carbonyl (C=O) groups is 1. The van der Waals surface area contributed by atoms with Gasteiger partial charge in [-0.15, -0.1) is 22.7 Å². The van der Waals surface area contributed by atoms with Gasteiger partial charge in [-0.25, -0.2) is 4.98 Å². The highest BCUT2D eigenvalue weighted by molar-refractivity contribution is 7.16. The SMILES string of the molecule is Cc1c(C(=O)Nc2nc(-c3cccs3)cs2)oc2ccccc12. The van der Waals surface area contributed by atoms with Gasteiger partial charge in [0.05, 0.1) is 10.6 Å². The highest BCUT2D eigenvalue weighted by Crippen LogP contribution is 2.29. The molecule has 0 unspecified atom stereocenters. The number of hydrogen-bond acceptors (Lipinski definition) is 5. The predicted octanol–water partition coefficient (Wildman–Crippen LogP) is 5.18. The topological polar surface area (TPSA) is 55.1 Å². The van der Waals surface area contributed by atoms with E-state index in [2.05, 4.69) is 10.3 Å². The van der Waals surface area contributed by atoms with Gasteiger partial charge in [-0.1, -0.05) is 24.3 Å². The predicted molar refractivity (Wildman–Crippen MR) is 94.3 cm³/mol. The number of thiazole rings is 1. The molecule has 0 aliphatic heterocycles. The molecule has 0 spiro atoms. The van der Waals surface area contributed by atoms with Gasteiger partial charge in [0.2, 0.25) is 0 Å². The van der Waals surface area contributed by atoms with Gasteiger partial charge in [0.25, 0.3) is 5.91 Å². The Labute approximate surface area is 140 Å². The van der Waals surface area contributed by atoms with Crippen LogP contribution >= 0.6 is 22.7 Å². The summed E-state index contributed by atoms with van der Waals surface area (Å²) in [6, 6.07) is 11.6. The van der Waals surface area contributed by atoms with Gasteiger partial charge < -0.3 is 4.42 Å². The lowest BCUT2D eigenvalue weighted by Gasteiger charge is -1.99. The summed E-state index contributed by atoms with van der Waals surface area (Å²) in [5, 5.41) is 8.29. The van der Waals surface area contributed by atoms with Crippen LogP contribution in [0.4, 0.5) is 5.13 Å². The summed E-state index contributed by atoms with van der Waals surface area (Å²) in [5.41, 5.74) is 2.43. The van der Waals surface area contributed by atoms with Crippen molar-refractivity contribution >= 4 is 44.7 Å². The van der Waals surface area contributed by atoms with Gasteiger partial charge in [-0.3, -0.25) is 10.1 Å². The molecule has 0 aliphatic rings. The molecule has 0 saturated carbocycles. The number of fused-ring (bicyclic) bond motifs is 1. The molecule has 3 aromatic heterocycles. The minimum Gasteiger partial charge on any atom is -0.451 e. The van der Waals surface area contributed by atoms with Crippen LogP contribution in [0.5, 0.6) is 0 Å². The zero-order valence-corrected chi connectivity index (χ0v) is 13.8. The van der Waals surface area contributed by atoms with Crippen molar-refractivity contribution in [2.45, 2.75) is 6.92 Å². The number of para-hydroxylation sites is 1. The van der Waals surface area contributed by atoms with Gasteiger partial charge in [0, 0.05) is 16.3 Å². The van der Waals surface area contributed by atoms with E-state index in [0.717, 1.165) is 21.5 Å². The zero-order valence-electron chi connectivity index (χ0n) is 12.2. The minimum atomic E-state index is -0.272. The molecule has 0 fully saturated rings. The first-order chi connectivity index (χ1) is 11.2. The average Bonchev–Trinajstić information content (AvgIpc) is 3.27. The van der Waals surface area contributed by atoms with Crippen molar-refractivity contribution in [3.63, 3.8) is 0 Å². The number of aryl methyl sites for hydroxylation is 1. The molecule has 0 bridgehead atoms. The maximum Gasteiger partial charge on any atom is 0.293 e. The average molecular weight is 340 g/mol. The van der Waals surface area contributed by atoms with Crippen molar-refractivity contribution in [3.05, 3.63) is 58.5 Å². The normalized spacial score (nSPS) is 11.0. The number of anilines is 1. The summed E-state index contributed by atoms with van der Waals surface area (Å²) in [7, 11) is 0. The van der Waals surface area contributed by atoms with Crippen molar-refractivity contribution < 1.29 is 9.21 Å². The molecule has 114 valence electrons. The number of carbonyl (C=O) groups excluding carboxylic acids is 1. The molecule has 23 heavy (non-hydrogen) atoms. The molecule has 1 N–H and O–H groups in total. The number of amides is 1. The number of nitrogens with one attached hydrogen (secondary N) is 1. The lowest BCUT2D eigenvalue weighted by Crippen LogP contribution is -2.11. The van der Waals surface area contributed by atoms with Gasteiger partial charge >= 0.3 is 0 Å². The molecule has 0 saturated heterocycles. The Morgan fingerprint density at radius 2 is 2.04 bits per heavy atom. The fourth-order valence-electron chi connectivity index (χ4n) is 2.41. The van der Waals surface area contributed by atoms with E-state index in [9.17, 15) is 4.79 Å². The van der Waals surface area contributed by atoms with Crippen molar-refractivity contribution in [3.8, 4) is 10.6 Å². The maximum absolute atomic E-state index is 12.5. The third kappa shape index (κ3) is 2.56. The number of nitrogens with zero attached hydrogens (tertiary/aromatic N) is 1. The van der Waals surface area contributed by atoms with E-state index < -0.39 is 0 Å². The van der Waals surface area contributed by atoms with Gasteiger partial charge in [-0.05, 0) is 24.4 Å². The van der Waals surface area contributed by atoms with Gasteiger partial charge in [0.15, 0.2) is 10.9 Å². The Morgan fingerprint density at radius 3 is 2.83 bits per heavy atom. The highest BCUT2D eigenvalue weighted by atomic mass is 32.1. The third-order valence-corrected chi connectivity index (χ3v) is 5.20. The quantitative estimate of drug-likeness (QED) is 0.559. The van der Waals surface area contributed by atoms with E-state index in [1.807, 2.05) is 54.1 Å². The first kappa shape index (κ1) is 14.2. The fourth-order valence-corrected chi connectivity index (χ4v) is 3.88. The maximum atomic E-state index is 12.5. The van der Waals surface area contributed by atoms with Crippen LogP contribution in [0.15, 0.2) is 51.6 Å². The molecule has 0 aliphatic carbocycles. The summed E-state index contributed by atoms with van der Waals surface area (Å²) >= 11 is 3.03. The fraction of sp³-hybridized carbons (Fsp3) is 0.0588. The number of hydrogen-bond donors (Lipinski definition) is 1. The summed E-state index contributed by atoms with van der Waals surface area (Å²) in [4.78, 5) is 18.0. The van der Waals surface area contributed by atoms with E-state index in [1.54, 1.807) is 11.3 Å². The van der Waals surface area contributed by atoms with Crippen LogP contribution < -0.4 is 5.32 Å². The van der Waals surface area contributed by atoms with E-state index in [4.69, 9.17) is 4.42 Å². The van der Waals surface area contributed by atoms with E-state index in [0.29, 0.717) is 16.5 Å². The number of rotatable bonds is 3. The molecular formula is C17H12N2O2S2. The van der Waals surface area contributed by atoms with Gasteiger partial charge in [-0.2, -0.15) is 0 Å².